The van der Waals surface area contributed by atoms with Crippen molar-refractivity contribution in [3.8, 4) is 0 Å². The van der Waals surface area contributed by atoms with E-state index in [0.29, 0.717) is 30.5 Å². The molecule has 2 rings (SSSR count). The number of halogens is 1. The molecule has 2 atom stereocenters. The van der Waals surface area contributed by atoms with Crippen molar-refractivity contribution in [1.29, 1.82) is 0 Å². The van der Waals surface area contributed by atoms with Crippen molar-refractivity contribution < 1.29 is 19.1 Å². The van der Waals surface area contributed by atoms with Gasteiger partial charge in [0.2, 0.25) is 5.91 Å². The highest BCUT2D eigenvalue weighted by molar-refractivity contribution is 5.93. The molecule has 0 radical (unpaired) electrons. The fourth-order valence-electron chi connectivity index (χ4n) is 2.42. The van der Waals surface area contributed by atoms with Gasteiger partial charge < -0.3 is 10.4 Å². The van der Waals surface area contributed by atoms with Crippen molar-refractivity contribution >= 4 is 17.6 Å². The van der Waals surface area contributed by atoms with Gasteiger partial charge in [0.25, 0.3) is 0 Å². The number of anilines is 1. The van der Waals surface area contributed by atoms with Crippen molar-refractivity contribution in [2.45, 2.75) is 26.2 Å². The highest BCUT2D eigenvalue weighted by atomic mass is 19.1. The van der Waals surface area contributed by atoms with Crippen molar-refractivity contribution in [2.24, 2.45) is 11.8 Å². The molecule has 0 saturated heterocycles. The van der Waals surface area contributed by atoms with Crippen LogP contribution in [0.5, 0.6) is 0 Å². The van der Waals surface area contributed by atoms with Crippen LogP contribution in [0.2, 0.25) is 0 Å². The average Bonchev–Trinajstić information content (AvgIpc) is 2.84. The van der Waals surface area contributed by atoms with E-state index in [1.54, 1.807) is 13.0 Å². The van der Waals surface area contributed by atoms with E-state index in [4.69, 9.17) is 5.11 Å². The number of hydrogen-bond acceptors (Lipinski definition) is 2. The maximum atomic E-state index is 13.3. The van der Waals surface area contributed by atoms with E-state index in [2.05, 4.69) is 5.32 Å². The molecule has 1 saturated carbocycles. The third kappa shape index (κ3) is 2.92. The zero-order chi connectivity index (χ0) is 14.0. The van der Waals surface area contributed by atoms with Crippen LogP contribution in [-0.4, -0.2) is 17.0 Å². The average molecular weight is 265 g/mol. The van der Waals surface area contributed by atoms with Crippen molar-refractivity contribution in [2.75, 3.05) is 5.32 Å². The molecular weight excluding hydrogens is 249 g/mol. The van der Waals surface area contributed by atoms with Crippen LogP contribution >= 0.6 is 0 Å². The van der Waals surface area contributed by atoms with Crippen molar-refractivity contribution in [3.05, 3.63) is 29.6 Å². The molecule has 2 N–H and O–H groups in total. The van der Waals surface area contributed by atoms with E-state index in [9.17, 15) is 14.0 Å². The Morgan fingerprint density at radius 3 is 2.63 bits per heavy atom. The molecule has 102 valence electrons. The lowest BCUT2D eigenvalue weighted by Crippen LogP contribution is -2.22. The van der Waals surface area contributed by atoms with Gasteiger partial charge in [0.1, 0.15) is 5.82 Å². The fraction of sp³-hybridized carbons (Fsp3) is 0.429. The maximum Gasteiger partial charge on any atom is 0.306 e. The van der Waals surface area contributed by atoms with Gasteiger partial charge in [0.15, 0.2) is 0 Å². The van der Waals surface area contributed by atoms with Crippen LogP contribution in [0.15, 0.2) is 18.2 Å². The summed E-state index contributed by atoms with van der Waals surface area (Å²) in [5.41, 5.74) is 0.840. The molecule has 0 spiro atoms. The summed E-state index contributed by atoms with van der Waals surface area (Å²) in [6.45, 7) is 1.60. The topological polar surface area (TPSA) is 66.4 Å². The van der Waals surface area contributed by atoms with Gasteiger partial charge in [-0.15, -0.1) is 0 Å². The first-order chi connectivity index (χ1) is 8.99. The normalized spacial score (nSPS) is 22.2. The third-order valence-electron chi connectivity index (χ3n) is 3.68. The van der Waals surface area contributed by atoms with Crippen molar-refractivity contribution in [1.82, 2.24) is 0 Å². The zero-order valence-corrected chi connectivity index (χ0v) is 10.6. The van der Waals surface area contributed by atoms with Crippen LogP contribution in [-0.2, 0) is 9.59 Å². The summed E-state index contributed by atoms with van der Waals surface area (Å²) >= 11 is 0. The lowest BCUT2D eigenvalue weighted by Gasteiger charge is -2.13. The summed E-state index contributed by atoms with van der Waals surface area (Å²) in [5, 5.41) is 11.6. The van der Waals surface area contributed by atoms with Crippen LogP contribution in [0.1, 0.15) is 24.8 Å². The Hall–Kier alpha value is -1.91. The van der Waals surface area contributed by atoms with Gasteiger partial charge in [0.05, 0.1) is 5.92 Å². The Kier molecular flexibility index (Phi) is 3.83. The molecule has 5 heteroatoms. The Labute approximate surface area is 110 Å². The van der Waals surface area contributed by atoms with E-state index in [1.807, 2.05) is 0 Å². The zero-order valence-electron chi connectivity index (χ0n) is 10.6. The predicted octanol–water partition coefficient (Wildman–Crippen LogP) is 2.57. The minimum atomic E-state index is -0.850. The second kappa shape index (κ2) is 5.38. The summed E-state index contributed by atoms with van der Waals surface area (Å²) in [7, 11) is 0. The van der Waals surface area contributed by atoms with Crippen LogP contribution in [0.4, 0.5) is 10.1 Å². The second-order valence-corrected chi connectivity index (χ2v) is 4.95. The molecule has 1 aliphatic rings. The molecule has 1 amide bonds. The molecule has 1 aromatic carbocycles. The summed E-state index contributed by atoms with van der Waals surface area (Å²) < 4.78 is 13.3. The van der Waals surface area contributed by atoms with Gasteiger partial charge >= 0.3 is 5.97 Å². The Balaban J connectivity index is 2.02. The monoisotopic (exact) mass is 265 g/mol. The smallest absolute Gasteiger partial charge is 0.306 e. The molecular formula is C14H16FNO3. The molecule has 0 aromatic heterocycles. The highest BCUT2D eigenvalue weighted by Gasteiger charge is 2.33. The van der Waals surface area contributed by atoms with E-state index < -0.39 is 11.9 Å². The first-order valence-corrected chi connectivity index (χ1v) is 6.28. The van der Waals surface area contributed by atoms with Gasteiger partial charge in [0, 0.05) is 17.2 Å². The Morgan fingerprint density at radius 2 is 2.00 bits per heavy atom. The summed E-state index contributed by atoms with van der Waals surface area (Å²) in [5.74, 6) is -2.18. The number of hydrogen-bond donors (Lipinski definition) is 2. The predicted molar refractivity (Wildman–Crippen MR) is 68.2 cm³/mol. The van der Waals surface area contributed by atoms with Crippen molar-refractivity contribution in [3.63, 3.8) is 0 Å². The molecule has 1 aromatic rings. The Morgan fingerprint density at radius 1 is 1.32 bits per heavy atom. The number of amides is 1. The number of carbonyl (C=O) groups excluding carboxylic acids is 1. The van der Waals surface area contributed by atoms with Crippen LogP contribution in [0.3, 0.4) is 0 Å². The lowest BCUT2D eigenvalue weighted by molar-refractivity contribution is -0.141. The number of nitrogens with one attached hydrogen (secondary N) is 1. The molecule has 4 nitrogen and oxygen atoms in total. The number of aliphatic carboxylic acids is 1. The van der Waals surface area contributed by atoms with Crippen LogP contribution in [0, 0.1) is 24.6 Å². The standard InChI is InChI=1S/C14H16FNO3/c1-8-11(15)3-2-4-12(8)16-13(17)9-5-6-10(7-9)14(18)19/h2-4,9-10H,5-7H2,1H3,(H,16,17)(H,18,19). The number of carbonyl (C=O) groups is 2. The van der Waals surface area contributed by atoms with Gasteiger partial charge in [-0.2, -0.15) is 0 Å². The third-order valence-corrected chi connectivity index (χ3v) is 3.68. The largest absolute Gasteiger partial charge is 0.481 e. The van der Waals surface area contributed by atoms with E-state index >= 15 is 0 Å². The van der Waals surface area contributed by atoms with E-state index in [-0.39, 0.29) is 17.6 Å². The first-order valence-electron chi connectivity index (χ1n) is 6.28. The number of carboxylic acid groups (broad SMARTS) is 1. The van der Waals surface area contributed by atoms with E-state index in [1.165, 1.54) is 12.1 Å². The highest BCUT2D eigenvalue weighted by Crippen LogP contribution is 2.32. The Bertz CT molecular complexity index is 515. The fourth-order valence-corrected chi connectivity index (χ4v) is 2.42. The first kappa shape index (κ1) is 13.5. The summed E-state index contributed by atoms with van der Waals surface area (Å²) in [4.78, 5) is 22.9. The van der Waals surface area contributed by atoms with Gasteiger partial charge in [-0.3, -0.25) is 9.59 Å². The second-order valence-electron chi connectivity index (χ2n) is 4.95. The lowest BCUT2D eigenvalue weighted by atomic mass is 10.0. The quantitative estimate of drug-likeness (QED) is 0.882. The van der Waals surface area contributed by atoms with E-state index in [0.717, 1.165) is 0 Å². The van der Waals surface area contributed by atoms with Gasteiger partial charge in [-0.05, 0) is 38.3 Å². The minimum Gasteiger partial charge on any atom is -0.481 e. The van der Waals surface area contributed by atoms with Crippen LogP contribution < -0.4 is 5.32 Å². The number of rotatable bonds is 3. The molecule has 19 heavy (non-hydrogen) atoms. The minimum absolute atomic E-state index is 0.225. The molecule has 0 aliphatic heterocycles. The molecule has 2 unspecified atom stereocenters. The number of carboxylic acids is 1. The summed E-state index contributed by atoms with van der Waals surface area (Å²) in [6, 6.07) is 4.51. The van der Waals surface area contributed by atoms with Gasteiger partial charge in [-0.1, -0.05) is 6.07 Å². The molecule has 0 heterocycles. The number of benzene rings is 1. The van der Waals surface area contributed by atoms with Gasteiger partial charge in [-0.25, -0.2) is 4.39 Å². The SMILES string of the molecule is Cc1c(F)cccc1NC(=O)C1CCC(C(=O)O)C1. The maximum absolute atomic E-state index is 13.3. The molecule has 1 aliphatic carbocycles. The summed E-state index contributed by atoms with van der Waals surface area (Å²) in [6.07, 6.45) is 1.45. The molecule has 1 fully saturated rings. The molecule has 0 bridgehead atoms. The van der Waals surface area contributed by atoms with Crippen LogP contribution in [0.25, 0.3) is 0 Å².